The molecule has 0 saturated heterocycles. The fraction of sp³-hybridized carbons (Fsp3) is 0. The lowest BCUT2D eigenvalue weighted by molar-refractivity contribution is 0.0956. The number of halogens is 1. The summed E-state index contributed by atoms with van der Waals surface area (Å²) >= 11 is 3.25. The normalized spacial score (nSPS) is 11.1. The molecule has 0 fully saturated rings. The number of hydrogen-bond acceptors (Lipinski definition) is 5. The first-order chi connectivity index (χ1) is 14.1. The van der Waals surface area contributed by atoms with Crippen LogP contribution in [0.3, 0.4) is 0 Å². The number of hydrazone groups is 1. The van der Waals surface area contributed by atoms with Gasteiger partial charge in [0.05, 0.1) is 27.5 Å². The summed E-state index contributed by atoms with van der Waals surface area (Å²) in [6, 6.07) is 17.9. The Bertz CT molecular complexity index is 1230. The lowest BCUT2D eigenvalue weighted by Gasteiger charge is -2.09. The van der Waals surface area contributed by atoms with Crippen molar-refractivity contribution >= 4 is 39.0 Å². The molecule has 142 valence electrons. The number of pyridine rings is 2. The van der Waals surface area contributed by atoms with Crippen molar-refractivity contribution in [1.82, 2.24) is 15.4 Å². The minimum Gasteiger partial charge on any atom is -0.507 e. The number of carbonyl (C=O) groups is 1. The van der Waals surface area contributed by atoms with E-state index in [0.29, 0.717) is 15.7 Å². The molecule has 0 spiro atoms. The van der Waals surface area contributed by atoms with Gasteiger partial charge in [-0.1, -0.05) is 18.2 Å². The van der Waals surface area contributed by atoms with E-state index in [0.717, 1.165) is 22.0 Å². The van der Waals surface area contributed by atoms with E-state index in [1.807, 2.05) is 36.4 Å². The summed E-state index contributed by atoms with van der Waals surface area (Å²) < 4.78 is 0.551. The summed E-state index contributed by atoms with van der Waals surface area (Å²) in [6.45, 7) is 0. The Hall–Kier alpha value is -3.58. The quantitative estimate of drug-likeness (QED) is 0.356. The third kappa shape index (κ3) is 4.14. The van der Waals surface area contributed by atoms with Crippen LogP contribution in [0.5, 0.6) is 5.75 Å². The average Bonchev–Trinajstić information content (AvgIpc) is 2.76. The molecule has 29 heavy (non-hydrogen) atoms. The van der Waals surface area contributed by atoms with Gasteiger partial charge in [-0.05, 0) is 64.0 Å². The summed E-state index contributed by atoms with van der Waals surface area (Å²) in [7, 11) is 0. The van der Waals surface area contributed by atoms with Gasteiger partial charge in [0.25, 0.3) is 5.91 Å². The van der Waals surface area contributed by atoms with E-state index in [1.54, 1.807) is 36.7 Å². The van der Waals surface area contributed by atoms with E-state index in [-0.39, 0.29) is 11.7 Å². The second-order valence-corrected chi connectivity index (χ2v) is 7.07. The van der Waals surface area contributed by atoms with Gasteiger partial charge < -0.3 is 5.11 Å². The van der Waals surface area contributed by atoms with Gasteiger partial charge in [-0.15, -0.1) is 0 Å². The van der Waals surface area contributed by atoms with Gasteiger partial charge >= 0.3 is 0 Å². The number of fused-ring (bicyclic) bond motifs is 1. The lowest BCUT2D eigenvalue weighted by Crippen LogP contribution is -2.18. The van der Waals surface area contributed by atoms with Gasteiger partial charge in [0.2, 0.25) is 0 Å². The highest BCUT2D eigenvalue weighted by molar-refractivity contribution is 9.10. The Labute approximate surface area is 175 Å². The number of aromatic nitrogens is 2. The van der Waals surface area contributed by atoms with Gasteiger partial charge in [-0.2, -0.15) is 5.10 Å². The minimum absolute atomic E-state index is 0.137. The van der Waals surface area contributed by atoms with Crippen molar-refractivity contribution in [3.63, 3.8) is 0 Å². The Morgan fingerprint density at radius 3 is 2.66 bits per heavy atom. The number of nitrogens with zero attached hydrogens (tertiary/aromatic N) is 3. The molecule has 4 rings (SSSR count). The smallest absolute Gasteiger partial charge is 0.272 e. The molecular formula is C22H15BrN4O2. The molecular weight excluding hydrogens is 432 g/mol. The molecule has 0 atom stereocenters. The van der Waals surface area contributed by atoms with E-state index < -0.39 is 0 Å². The number of phenolic OH excluding ortho intramolecular Hbond substituents is 1. The third-order valence-corrected chi connectivity index (χ3v) is 4.92. The monoisotopic (exact) mass is 446 g/mol. The van der Waals surface area contributed by atoms with E-state index in [1.165, 1.54) is 6.21 Å². The molecule has 2 heterocycles. The van der Waals surface area contributed by atoms with Gasteiger partial charge in [-0.3, -0.25) is 9.78 Å². The Morgan fingerprint density at radius 1 is 1.07 bits per heavy atom. The summed E-state index contributed by atoms with van der Waals surface area (Å²) in [5.41, 5.74) is 6.05. The predicted molar refractivity (Wildman–Crippen MR) is 116 cm³/mol. The Kier molecular flexibility index (Phi) is 5.31. The van der Waals surface area contributed by atoms with Crippen molar-refractivity contribution < 1.29 is 9.90 Å². The highest BCUT2D eigenvalue weighted by Crippen LogP contribution is 2.25. The van der Waals surface area contributed by atoms with Crippen LogP contribution in [0.25, 0.3) is 22.2 Å². The van der Waals surface area contributed by atoms with Crippen LogP contribution in [0, 0.1) is 0 Å². The number of nitrogens with one attached hydrogen (secondary N) is 1. The zero-order valence-electron chi connectivity index (χ0n) is 15.1. The van der Waals surface area contributed by atoms with Crippen LogP contribution in [-0.2, 0) is 0 Å². The number of para-hydroxylation sites is 1. The van der Waals surface area contributed by atoms with Crippen molar-refractivity contribution in [3.05, 3.63) is 88.7 Å². The predicted octanol–water partition coefficient (Wildman–Crippen LogP) is 4.53. The molecule has 0 bridgehead atoms. The molecule has 0 aliphatic rings. The molecule has 0 saturated carbocycles. The average molecular weight is 447 g/mol. The number of carbonyl (C=O) groups excluding carboxylic acids is 1. The number of hydrogen-bond donors (Lipinski definition) is 2. The van der Waals surface area contributed by atoms with Crippen LogP contribution < -0.4 is 5.43 Å². The SMILES string of the molecule is O=C(N/N=C/c1ccc(O)c(Br)c1)c1cc(-c2ccncc2)nc2ccccc12. The van der Waals surface area contributed by atoms with Crippen LogP contribution in [-0.4, -0.2) is 27.2 Å². The van der Waals surface area contributed by atoms with Crippen LogP contribution in [0.1, 0.15) is 15.9 Å². The van der Waals surface area contributed by atoms with Crippen LogP contribution in [0.2, 0.25) is 0 Å². The summed E-state index contributed by atoms with van der Waals surface area (Å²) in [5, 5.41) is 14.3. The highest BCUT2D eigenvalue weighted by atomic mass is 79.9. The maximum Gasteiger partial charge on any atom is 0.272 e. The molecule has 0 aliphatic heterocycles. The molecule has 2 aromatic carbocycles. The van der Waals surface area contributed by atoms with Gasteiger partial charge in [0.1, 0.15) is 5.75 Å². The fourth-order valence-corrected chi connectivity index (χ4v) is 3.26. The topological polar surface area (TPSA) is 87.5 Å². The van der Waals surface area contributed by atoms with Crippen LogP contribution in [0.15, 0.2) is 82.6 Å². The summed E-state index contributed by atoms with van der Waals surface area (Å²) in [5.74, 6) is -0.203. The van der Waals surface area contributed by atoms with Crippen molar-refractivity contribution in [2.24, 2.45) is 5.10 Å². The van der Waals surface area contributed by atoms with Gasteiger partial charge in [-0.25, -0.2) is 10.4 Å². The molecule has 1 amide bonds. The van der Waals surface area contributed by atoms with Crippen molar-refractivity contribution in [3.8, 4) is 17.0 Å². The number of rotatable bonds is 4. The van der Waals surface area contributed by atoms with Crippen molar-refractivity contribution in [2.45, 2.75) is 0 Å². The zero-order chi connectivity index (χ0) is 20.2. The summed E-state index contributed by atoms with van der Waals surface area (Å²) in [4.78, 5) is 21.5. The second kappa shape index (κ2) is 8.20. The molecule has 6 nitrogen and oxygen atoms in total. The molecule has 0 aliphatic carbocycles. The highest BCUT2D eigenvalue weighted by Gasteiger charge is 2.13. The lowest BCUT2D eigenvalue weighted by atomic mass is 10.0. The molecule has 0 radical (unpaired) electrons. The van der Waals surface area contributed by atoms with Crippen LogP contribution in [0.4, 0.5) is 0 Å². The van der Waals surface area contributed by atoms with Gasteiger partial charge in [0, 0.05) is 23.3 Å². The summed E-state index contributed by atoms with van der Waals surface area (Å²) in [6.07, 6.45) is 4.88. The van der Waals surface area contributed by atoms with Crippen molar-refractivity contribution in [1.29, 1.82) is 0 Å². The van der Waals surface area contributed by atoms with E-state index >= 15 is 0 Å². The molecule has 2 aromatic heterocycles. The van der Waals surface area contributed by atoms with E-state index in [2.05, 4.69) is 36.4 Å². The first kappa shape index (κ1) is 18.8. The van der Waals surface area contributed by atoms with E-state index in [4.69, 9.17) is 0 Å². The largest absolute Gasteiger partial charge is 0.507 e. The standard InChI is InChI=1S/C22H15BrN4O2/c23-18-11-14(5-6-21(18)28)13-25-27-22(29)17-12-20(15-7-9-24-10-8-15)26-19-4-2-1-3-16(17)19/h1-13,28H,(H,27,29)/b25-13+. The minimum atomic E-state index is -0.340. The Morgan fingerprint density at radius 2 is 1.86 bits per heavy atom. The number of amides is 1. The first-order valence-electron chi connectivity index (χ1n) is 8.74. The van der Waals surface area contributed by atoms with Crippen molar-refractivity contribution in [2.75, 3.05) is 0 Å². The third-order valence-electron chi connectivity index (χ3n) is 4.29. The zero-order valence-corrected chi connectivity index (χ0v) is 16.7. The molecule has 0 unspecified atom stereocenters. The molecule has 2 N–H and O–H groups in total. The number of aromatic hydroxyl groups is 1. The maximum absolute atomic E-state index is 12.8. The molecule has 4 aromatic rings. The Balaban J connectivity index is 1.66. The first-order valence-corrected chi connectivity index (χ1v) is 9.53. The molecule has 7 heteroatoms. The van der Waals surface area contributed by atoms with E-state index in [9.17, 15) is 9.90 Å². The number of benzene rings is 2. The van der Waals surface area contributed by atoms with Crippen LogP contribution >= 0.6 is 15.9 Å². The number of phenols is 1. The maximum atomic E-state index is 12.8. The fourth-order valence-electron chi connectivity index (χ4n) is 2.86. The second-order valence-electron chi connectivity index (χ2n) is 6.22. The van der Waals surface area contributed by atoms with Gasteiger partial charge in [0.15, 0.2) is 0 Å².